The fourth-order valence-corrected chi connectivity index (χ4v) is 1.84. The molecule has 0 spiro atoms. The number of aromatic nitrogens is 1. The van der Waals surface area contributed by atoms with E-state index in [1.165, 1.54) is 5.56 Å². The van der Waals surface area contributed by atoms with Crippen LogP contribution in [0.5, 0.6) is 0 Å². The predicted molar refractivity (Wildman–Crippen MR) is 76.1 cm³/mol. The Morgan fingerprint density at radius 1 is 1.16 bits per heavy atom. The molecule has 98 valence electrons. The average molecular weight is 254 g/mol. The van der Waals surface area contributed by atoms with Crippen molar-refractivity contribution in [3.63, 3.8) is 0 Å². The highest BCUT2D eigenvalue weighted by molar-refractivity contribution is 5.97. The van der Waals surface area contributed by atoms with Gasteiger partial charge < -0.3 is 5.32 Å². The first kappa shape index (κ1) is 13.4. The van der Waals surface area contributed by atoms with Crippen molar-refractivity contribution in [3.8, 4) is 0 Å². The maximum Gasteiger partial charge on any atom is 0.176 e. The van der Waals surface area contributed by atoms with Gasteiger partial charge in [-0.15, -0.1) is 0 Å². The summed E-state index contributed by atoms with van der Waals surface area (Å²) in [7, 11) is 0. The second kappa shape index (κ2) is 6.81. The van der Waals surface area contributed by atoms with E-state index < -0.39 is 0 Å². The van der Waals surface area contributed by atoms with Gasteiger partial charge in [-0.25, -0.2) is 0 Å². The van der Waals surface area contributed by atoms with Gasteiger partial charge in [0, 0.05) is 18.3 Å². The molecule has 19 heavy (non-hydrogen) atoms. The van der Waals surface area contributed by atoms with Gasteiger partial charge in [0.05, 0.1) is 12.2 Å². The maximum absolute atomic E-state index is 12.0. The van der Waals surface area contributed by atoms with Crippen LogP contribution in [0.15, 0.2) is 48.7 Å². The monoisotopic (exact) mass is 254 g/mol. The number of nitrogens with zero attached hydrogens (tertiary/aromatic N) is 1. The number of carbonyl (C=O) groups is 1. The van der Waals surface area contributed by atoms with E-state index in [-0.39, 0.29) is 5.78 Å². The summed E-state index contributed by atoms with van der Waals surface area (Å²) in [5.41, 5.74) is 2.94. The molecule has 2 rings (SSSR count). The number of hydrogen-bond acceptors (Lipinski definition) is 3. The third-order valence-electron chi connectivity index (χ3n) is 3.00. The van der Waals surface area contributed by atoms with Crippen LogP contribution in [0.4, 0.5) is 0 Å². The SMILES string of the molecule is CCc1ccc(C(=O)CNCc2ccccn2)cc1. The van der Waals surface area contributed by atoms with Crippen LogP contribution in [0.1, 0.15) is 28.5 Å². The molecule has 0 radical (unpaired) electrons. The number of carbonyl (C=O) groups excluding carboxylic acids is 1. The Bertz CT molecular complexity index is 520. The molecule has 1 aromatic carbocycles. The molecule has 1 heterocycles. The van der Waals surface area contributed by atoms with Gasteiger partial charge in [0.2, 0.25) is 0 Å². The molecule has 0 bridgehead atoms. The molecule has 2 aromatic rings. The molecular formula is C16H18N2O. The van der Waals surface area contributed by atoms with Gasteiger partial charge in [-0.1, -0.05) is 37.3 Å². The molecule has 1 aromatic heterocycles. The minimum atomic E-state index is 0.110. The Labute approximate surface area is 113 Å². The molecule has 0 amide bonds. The molecule has 0 atom stereocenters. The number of Topliss-reactive ketones (excluding diaryl/α,β-unsaturated/α-hetero) is 1. The highest BCUT2D eigenvalue weighted by atomic mass is 16.1. The van der Waals surface area contributed by atoms with Crippen molar-refractivity contribution in [2.75, 3.05) is 6.54 Å². The average Bonchev–Trinajstić information content (AvgIpc) is 2.48. The van der Waals surface area contributed by atoms with Gasteiger partial charge in [-0.2, -0.15) is 0 Å². The zero-order valence-electron chi connectivity index (χ0n) is 11.1. The van der Waals surface area contributed by atoms with Crippen LogP contribution in [0.3, 0.4) is 0 Å². The molecule has 3 heteroatoms. The molecular weight excluding hydrogens is 236 g/mol. The van der Waals surface area contributed by atoms with E-state index in [4.69, 9.17) is 0 Å². The number of rotatable bonds is 6. The van der Waals surface area contributed by atoms with Crippen molar-refractivity contribution in [1.29, 1.82) is 0 Å². The van der Waals surface area contributed by atoms with Crippen molar-refractivity contribution in [1.82, 2.24) is 10.3 Å². The van der Waals surface area contributed by atoms with E-state index in [9.17, 15) is 4.79 Å². The predicted octanol–water partition coefficient (Wildman–Crippen LogP) is 2.62. The topological polar surface area (TPSA) is 42.0 Å². The quantitative estimate of drug-likeness (QED) is 0.806. The Morgan fingerprint density at radius 3 is 2.58 bits per heavy atom. The van der Waals surface area contributed by atoms with Crippen molar-refractivity contribution in [2.45, 2.75) is 19.9 Å². The summed E-state index contributed by atoms with van der Waals surface area (Å²) in [6.45, 7) is 3.05. The molecule has 0 aliphatic rings. The number of hydrogen-bond donors (Lipinski definition) is 1. The molecule has 0 unspecified atom stereocenters. The lowest BCUT2D eigenvalue weighted by atomic mass is 10.1. The summed E-state index contributed by atoms with van der Waals surface area (Å²) in [6.07, 6.45) is 2.74. The van der Waals surface area contributed by atoms with Crippen LogP contribution >= 0.6 is 0 Å². The zero-order chi connectivity index (χ0) is 13.5. The number of aryl methyl sites for hydroxylation is 1. The van der Waals surface area contributed by atoms with Crippen LogP contribution < -0.4 is 5.32 Å². The summed E-state index contributed by atoms with van der Waals surface area (Å²) in [4.78, 5) is 16.1. The van der Waals surface area contributed by atoms with Crippen molar-refractivity contribution in [2.24, 2.45) is 0 Å². The third kappa shape index (κ3) is 4.00. The molecule has 0 fully saturated rings. The van der Waals surface area contributed by atoms with E-state index in [0.717, 1.165) is 17.7 Å². The fraction of sp³-hybridized carbons (Fsp3) is 0.250. The highest BCUT2D eigenvalue weighted by Crippen LogP contribution is 2.05. The fourth-order valence-electron chi connectivity index (χ4n) is 1.84. The minimum absolute atomic E-state index is 0.110. The molecule has 0 aliphatic heterocycles. The highest BCUT2D eigenvalue weighted by Gasteiger charge is 2.05. The van der Waals surface area contributed by atoms with E-state index in [2.05, 4.69) is 17.2 Å². The van der Waals surface area contributed by atoms with E-state index in [0.29, 0.717) is 13.1 Å². The van der Waals surface area contributed by atoms with E-state index >= 15 is 0 Å². The molecule has 0 saturated carbocycles. The van der Waals surface area contributed by atoms with Crippen molar-refractivity contribution >= 4 is 5.78 Å². The van der Waals surface area contributed by atoms with Gasteiger partial charge in [0.1, 0.15) is 0 Å². The number of nitrogens with one attached hydrogen (secondary N) is 1. The smallest absolute Gasteiger partial charge is 0.176 e. The molecule has 1 N–H and O–H groups in total. The third-order valence-corrected chi connectivity index (χ3v) is 3.00. The Hall–Kier alpha value is -2.00. The first-order valence-electron chi connectivity index (χ1n) is 6.52. The second-order valence-corrected chi connectivity index (χ2v) is 4.40. The lowest BCUT2D eigenvalue weighted by Gasteiger charge is -2.04. The van der Waals surface area contributed by atoms with Gasteiger partial charge in [-0.05, 0) is 24.1 Å². The lowest BCUT2D eigenvalue weighted by Crippen LogP contribution is -2.23. The summed E-state index contributed by atoms with van der Waals surface area (Å²) >= 11 is 0. The molecule has 3 nitrogen and oxygen atoms in total. The van der Waals surface area contributed by atoms with Gasteiger partial charge in [-0.3, -0.25) is 9.78 Å². The number of benzene rings is 1. The first-order valence-corrected chi connectivity index (χ1v) is 6.52. The van der Waals surface area contributed by atoms with Crippen LogP contribution in [0.25, 0.3) is 0 Å². The van der Waals surface area contributed by atoms with Crippen molar-refractivity contribution < 1.29 is 4.79 Å². The number of ketones is 1. The standard InChI is InChI=1S/C16H18N2O/c1-2-13-6-8-14(9-7-13)16(19)12-17-11-15-5-3-4-10-18-15/h3-10,17H,2,11-12H2,1H3. The van der Waals surface area contributed by atoms with Crippen LogP contribution in [-0.4, -0.2) is 17.3 Å². The van der Waals surface area contributed by atoms with E-state index in [1.54, 1.807) is 6.20 Å². The van der Waals surface area contributed by atoms with Crippen molar-refractivity contribution in [3.05, 3.63) is 65.5 Å². The van der Waals surface area contributed by atoms with Gasteiger partial charge >= 0.3 is 0 Å². The van der Waals surface area contributed by atoms with Crippen LogP contribution in [-0.2, 0) is 13.0 Å². The van der Waals surface area contributed by atoms with Gasteiger partial charge in [0.25, 0.3) is 0 Å². The van der Waals surface area contributed by atoms with E-state index in [1.807, 2.05) is 42.5 Å². The minimum Gasteiger partial charge on any atom is -0.304 e. The normalized spacial score (nSPS) is 10.4. The van der Waals surface area contributed by atoms with Crippen LogP contribution in [0.2, 0.25) is 0 Å². The Kier molecular flexibility index (Phi) is 4.81. The first-order chi connectivity index (χ1) is 9.29. The Morgan fingerprint density at radius 2 is 1.95 bits per heavy atom. The second-order valence-electron chi connectivity index (χ2n) is 4.40. The lowest BCUT2D eigenvalue weighted by molar-refractivity contribution is 0.0990. The van der Waals surface area contributed by atoms with Crippen LogP contribution in [0, 0.1) is 0 Å². The largest absolute Gasteiger partial charge is 0.304 e. The summed E-state index contributed by atoms with van der Waals surface area (Å²) < 4.78 is 0. The summed E-state index contributed by atoms with van der Waals surface area (Å²) in [5.74, 6) is 0.110. The van der Waals surface area contributed by atoms with Gasteiger partial charge in [0.15, 0.2) is 5.78 Å². The molecule has 0 aliphatic carbocycles. The Balaban J connectivity index is 1.84. The zero-order valence-corrected chi connectivity index (χ0v) is 11.1. The summed E-state index contributed by atoms with van der Waals surface area (Å²) in [6, 6.07) is 13.6. The molecule has 0 saturated heterocycles. The summed E-state index contributed by atoms with van der Waals surface area (Å²) in [5, 5.41) is 3.12. The number of pyridine rings is 1. The maximum atomic E-state index is 12.0.